The molecule has 1 N–H and O–H groups in total. The normalized spacial score (nSPS) is 22.1. The van der Waals surface area contributed by atoms with Crippen molar-refractivity contribution in [2.24, 2.45) is 7.05 Å². The average molecular weight is 317 g/mol. The molecule has 0 saturated carbocycles. The van der Waals surface area contributed by atoms with Gasteiger partial charge < -0.3 is 10.2 Å². The second-order valence-corrected chi connectivity index (χ2v) is 6.99. The first-order valence-electron chi connectivity index (χ1n) is 7.24. The molecule has 2 unspecified atom stereocenters. The van der Waals surface area contributed by atoms with E-state index in [-0.39, 0.29) is 0 Å². The summed E-state index contributed by atoms with van der Waals surface area (Å²) in [5.41, 5.74) is 2.06. The summed E-state index contributed by atoms with van der Waals surface area (Å²) in [6.07, 6.45) is 0.930. The first kappa shape index (κ1) is 16.1. The Balaban J connectivity index is 2.16. The lowest BCUT2D eigenvalue weighted by Crippen LogP contribution is -2.53. The molecule has 2 atom stereocenters. The highest BCUT2D eigenvalue weighted by atomic mass is 35.5. The molecule has 0 bridgehead atoms. The van der Waals surface area contributed by atoms with Crippen LogP contribution in [-0.2, 0) is 13.5 Å². The van der Waals surface area contributed by atoms with E-state index in [9.17, 15) is 0 Å². The second kappa shape index (κ2) is 7.16. The van der Waals surface area contributed by atoms with Crippen molar-refractivity contribution in [3.05, 3.63) is 16.4 Å². The highest BCUT2D eigenvalue weighted by Gasteiger charge is 2.29. The number of halogens is 1. The van der Waals surface area contributed by atoms with Gasteiger partial charge in [-0.2, -0.15) is 16.9 Å². The van der Waals surface area contributed by atoms with Crippen LogP contribution in [0.5, 0.6) is 0 Å². The molecule has 0 radical (unpaired) electrons. The topological polar surface area (TPSA) is 33.1 Å². The van der Waals surface area contributed by atoms with Crippen LogP contribution in [0.1, 0.15) is 18.3 Å². The van der Waals surface area contributed by atoms with Crippen LogP contribution < -0.4 is 5.32 Å². The Labute approximate surface area is 131 Å². The predicted octanol–water partition coefficient (Wildman–Crippen LogP) is 1.95. The number of aromatic nitrogens is 2. The van der Waals surface area contributed by atoms with Gasteiger partial charge in [0.25, 0.3) is 0 Å². The van der Waals surface area contributed by atoms with Gasteiger partial charge in [-0.05, 0) is 20.5 Å². The number of thioether (sulfide) groups is 1. The summed E-state index contributed by atoms with van der Waals surface area (Å²) < 4.78 is 1.93. The molecule has 4 nitrogen and oxygen atoms in total. The van der Waals surface area contributed by atoms with Gasteiger partial charge in [0.1, 0.15) is 0 Å². The summed E-state index contributed by atoms with van der Waals surface area (Å²) in [6, 6.07) is 0.977. The maximum atomic E-state index is 6.40. The zero-order chi connectivity index (χ0) is 14.7. The molecule has 1 saturated heterocycles. The van der Waals surface area contributed by atoms with Crippen molar-refractivity contribution in [3.8, 4) is 0 Å². The number of nitrogens with one attached hydrogen (secondary N) is 1. The highest BCUT2D eigenvalue weighted by Crippen LogP contribution is 2.24. The monoisotopic (exact) mass is 316 g/mol. The minimum atomic E-state index is 0.421. The fourth-order valence-electron chi connectivity index (χ4n) is 2.85. The van der Waals surface area contributed by atoms with Gasteiger partial charge in [-0.15, -0.1) is 0 Å². The lowest BCUT2D eigenvalue weighted by Gasteiger charge is -2.38. The Morgan fingerprint density at radius 3 is 2.80 bits per heavy atom. The third-order valence-electron chi connectivity index (χ3n) is 4.05. The molecule has 2 rings (SSSR count). The summed E-state index contributed by atoms with van der Waals surface area (Å²) in [4.78, 5) is 2.47. The van der Waals surface area contributed by atoms with E-state index < -0.39 is 0 Å². The van der Waals surface area contributed by atoms with Gasteiger partial charge in [-0.1, -0.05) is 18.5 Å². The van der Waals surface area contributed by atoms with E-state index in [2.05, 4.69) is 29.3 Å². The minimum absolute atomic E-state index is 0.421. The molecular formula is C14H25ClN4S. The number of nitrogens with zero attached hydrogens (tertiary/aromatic N) is 3. The zero-order valence-corrected chi connectivity index (χ0v) is 14.4. The van der Waals surface area contributed by atoms with Gasteiger partial charge in [0.15, 0.2) is 0 Å². The third kappa shape index (κ3) is 3.50. The van der Waals surface area contributed by atoms with Crippen molar-refractivity contribution in [1.29, 1.82) is 0 Å². The molecule has 1 aliphatic rings. The van der Waals surface area contributed by atoms with Crippen LogP contribution in [0.2, 0.25) is 5.02 Å². The molecule has 2 heterocycles. The Hall–Kier alpha value is -0.230. The Morgan fingerprint density at radius 2 is 2.25 bits per heavy atom. The Bertz CT molecular complexity index is 449. The number of aryl methyl sites for hydroxylation is 2. The van der Waals surface area contributed by atoms with E-state index in [0.717, 1.165) is 35.9 Å². The van der Waals surface area contributed by atoms with Crippen LogP contribution in [0.25, 0.3) is 0 Å². The van der Waals surface area contributed by atoms with Gasteiger partial charge >= 0.3 is 0 Å². The first-order chi connectivity index (χ1) is 9.54. The molecule has 1 aromatic heterocycles. The van der Waals surface area contributed by atoms with E-state index in [4.69, 9.17) is 11.6 Å². The molecule has 6 heteroatoms. The molecule has 20 heavy (non-hydrogen) atoms. The van der Waals surface area contributed by atoms with Gasteiger partial charge in [0.05, 0.1) is 16.4 Å². The molecule has 1 aromatic rings. The van der Waals surface area contributed by atoms with E-state index >= 15 is 0 Å². The van der Waals surface area contributed by atoms with Gasteiger partial charge in [-0.25, -0.2) is 0 Å². The van der Waals surface area contributed by atoms with Crippen molar-refractivity contribution in [2.75, 3.05) is 31.6 Å². The van der Waals surface area contributed by atoms with Crippen molar-refractivity contribution in [1.82, 2.24) is 20.0 Å². The van der Waals surface area contributed by atoms with Crippen molar-refractivity contribution >= 4 is 23.4 Å². The number of rotatable bonds is 5. The Morgan fingerprint density at radius 1 is 1.50 bits per heavy atom. The summed E-state index contributed by atoms with van der Waals surface area (Å²) in [6.45, 7) is 6.28. The van der Waals surface area contributed by atoms with Gasteiger partial charge in [0.2, 0.25) is 0 Å². The molecule has 1 aliphatic heterocycles. The predicted molar refractivity (Wildman–Crippen MR) is 87.9 cm³/mol. The number of hydrogen-bond donors (Lipinski definition) is 1. The van der Waals surface area contributed by atoms with E-state index in [0.29, 0.717) is 12.1 Å². The van der Waals surface area contributed by atoms with Crippen molar-refractivity contribution < 1.29 is 0 Å². The van der Waals surface area contributed by atoms with Crippen LogP contribution in [0, 0.1) is 6.92 Å². The Kier molecular flexibility index (Phi) is 5.78. The van der Waals surface area contributed by atoms with Crippen molar-refractivity contribution in [3.63, 3.8) is 0 Å². The SMILES string of the molecule is CCNC(Cc1c(Cl)c(C)nn1C)C1CSCCN1C. The largest absolute Gasteiger partial charge is 0.312 e. The first-order valence-corrected chi connectivity index (χ1v) is 8.77. The molecule has 0 aliphatic carbocycles. The average Bonchev–Trinajstić information content (AvgIpc) is 2.65. The smallest absolute Gasteiger partial charge is 0.0847 e. The summed E-state index contributed by atoms with van der Waals surface area (Å²) in [7, 11) is 4.21. The quantitative estimate of drug-likeness (QED) is 0.900. The van der Waals surface area contributed by atoms with E-state index in [1.807, 2.05) is 30.4 Å². The number of hydrogen-bond acceptors (Lipinski definition) is 4. The van der Waals surface area contributed by atoms with Crippen LogP contribution in [0.4, 0.5) is 0 Å². The molecule has 114 valence electrons. The summed E-state index contributed by atoms with van der Waals surface area (Å²) >= 11 is 8.45. The maximum absolute atomic E-state index is 6.40. The molecular weight excluding hydrogens is 292 g/mol. The molecule has 0 amide bonds. The lowest BCUT2D eigenvalue weighted by atomic mass is 10.0. The lowest BCUT2D eigenvalue weighted by molar-refractivity contribution is 0.213. The van der Waals surface area contributed by atoms with Crippen molar-refractivity contribution in [2.45, 2.75) is 32.4 Å². The standard InChI is InChI=1S/C14H25ClN4S/c1-5-16-11(13-9-20-7-6-18(13)3)8-12-14(15)10(2)17-19(12)4/h11,13,16H,5-9H2,1-4H3. The van der Waals surface area contributed by atoms with E-state index in [1.165, 1.54) is 11.5 Å². The van der Waals surface area contributed by atoms with E-state index in [1.54, 1.807) is 0 Å². The van der Waals surface area contributed by atoms with Crippen LogP contribution in [0.15, 0.2) is 0 Å². The highest BCUT2D eigenvalue weighted by molar-refractivity contribution is 7.99. The van der Waals surface area contributed by atoms with Gasteiger partial charge in [0, 0.05) is 43.6 Å². The molecule has 0 spiro atoms. The number of likely N-dealkylation sites (N-methyl/N-ethyl adjacent to an activating group) is 2. The summed E-state index contributed by atoms with van der Waals surface area (Å²) in [5.74, 6) is 2.42. The van der Waals surface area contributed by atoms with Gasteiger partial charge in [-0.3, -0.25) is 4.68 Å². The summed E-state index contributed by atoms with van der Waals surface area (Å²) in [5, 5.41) is 8.89. The maximum Gasteiger partial charge on any atom is 0.0847 e. The fourth-order valence-corrected chi connectivity index (χ4v) is 4.39. The van der Waals surface area contributed by atoms with Crippen LogP contribution in [0.3, 0.4) is 0 Å². The van der Waals surface area contributed by atoms with Crippen LogP contribution >= 0.6 is 23.4 Å². The second-order valence-electron chi connectivity index (χ2n) is 5.46. The molecule has 0 aromatic carbocycles. The molecule has 1 fully saturated rings. The fraction of sp³-hybridized carbons (Fsp3) is 0.786. The third-order valence-corrected chi connectivity index (χ3v) is 5.59. The van der Waals surface area contributed by atoms with Crippen LogP contribution in [-0.4, -0.2) is 58.4 Å². The zero-order valence-electron chi connectivity index (χ0n) is 12.8. The minimum Gasteiger partial charge on any atom is -0.312 e.